The van der Waals surface area contributed by atoms with Crippen LogP contribution in [0.2, 0.25) is 10.0 Å². The zero-order chi connectivity index (χ0) is 15.2. The van der Waals surface area contributed by atoms with E-state index in [1.54, 1.807) is 6.07 Å². The summed E-state index contributed by atoms with van der Waals surface area (Å²) < 4.78 is 5.66. The second-order valence-corrected chi connectivity index (χ2v) is 6.15. The average molecular weight is 324 g/mol. The molecule has 0 saturated carbocycles. The molecule has 0 aromatic heterocycles. The minimum atomic E-state index is 0.529. The third-order valence-corrected chi connectivity index (χ3v) is 3.66. The Bertz CT molecular complexity index is 582. The molecule has 2 aromatic rings. The van der Waals surface area contributed by atoms with Gasteiger partial charge in [-0.1, -0.05) is 49.2 Å². The van der Waals surface area contributed by atoms with Gasteiger partial charge in [0.25, 0.3) is 0 Å². The maximum absolute atomic E-state index is 5.99. The normalized spacial score (nSPS) is 10.7. The van der Waals surface area contributed by atoms with Gasteiger partial charge in [0.05, 0.1) is 16.7 Å². The zero-order valence-corrected chi connectivity index (χ0v) is 13.7. The van der Waals surface area contributed by atoms with Gasteiger partial charge in [0.15, 0.2) is 0 Å². The first-order chi connectivity index (χ1) is 10.0. The highest BCUT2D eigenvalue weighted by Crippen LogP contribution is 2.25. The maximum Gasteiger partial charge on any atom is 0.119 e. The number of hydrogen-bond acceptors (Lipinski definition) is 2. The van der Waals surface area contributed by atoms with Gasteiger partial charge in [-0.25, -0.2) is 0 Å². The summed E-state index contributed by atoms with van der Waals surface area (Å²) in [6.07, 6.45) is 0. The van der Waals surface area contributed by atoms with Crippen molar-refractivity contribution in [1.82, 2.24) is 0 Å². The Kier molecular flexibility index (Phi) is 5.77. The van der Waals surface area contributed by atoms with Crippen molar-refractivity contribution in [2.45, 2.75) is 20.4 Å². The molecule has 0 spiro atoms. The molecule has 21 heavy (non-hydrogen) atoms. The smallest absolute Gasteiger partial charge is 0.119 e. The quantitative estimate of drug-likeness (QED) is 0.742. The van der Waals surface area contributed by atoms with Crippen LogP contribution in [0.25, 0.3) is 0 Å². The summed E-state index contributed by atoms with van der Waals surface area (Å²) in [6.45, 7) is 5.73. The Morgan fingerprint density at radius 1 is 1.00 bits per heavy atom. The van der Waals surface area contributed by atoms with Gasteiger partial charge in [0, 0.05) is 12.2 Å². The fraction of sp³-hybridized carbons (Fsp3) is 0.294. The standard InChI is InChI=1S/C17H19Cl2NO/c1-12(2)11-21-15-6-3-13(4-7-15)10-20-14-5-8-16(18)17(19)9-14/h3-9,12,20H,10-11H2,1-2H3. The van der Waals surface area contributed by atoms with Crippen molar-refractivity contribution in [3.63, 3.8) is 0 Å². The monoisotopic (exact) mass is 323 g/mol. The molecule has 1 N–H and O–H groups in total. The predicted octanol–water partition coefficient (Wildman–Crippen LogP) is 5.64. The molecule has 112 valence electrons. The minimum absolute atomic E-state index is 0.529. The first-order valence-electron chi connectivity index (χ1n) is 6.95. The molecule has 4 heteroatoms. The Morgan fingerprint density at radius 3 is 2.33 bits per heavy atom. The van der Waals surface area contributed by atoms with Crippen molar-refractivity contribution in [2.75, 3.05) is 11.9 Å². The SMILES string of the molecule is CC(C)COc1ccc(CNc2ccc(Cl)c(Cl)c2)cc1. The van der Waals surface area contributed by atoms with E-state index in [1.807, 2.05) is 24.3 Å². The van der Waals surface area contributed by atoms with E-state index < -0.39 is 0 Å². The molecule has 2 rings (SSSR count). The molecule has 0 saturated heterocycles. The van der Waals surface area contributed by atoms with Gasteiger partial charge in [-0.15, -0.1) is 0 Å². The summed E-state index contributed by atoms with van der Waals surface area (Å²) in [5.74, 6) is 1.43. The van der Waals surface area contributed by atoms with E-state index in [2.05, 4.69) is 31.3 Å². The number of ether oxygens (including phenoxy) is 1. The molecular weight excluding hydrogens is 305 g/mol. The molecule has 2 nitrogen and oxygen atoms in total. The van der Waals surface area contributed by atoms with Crippen LogP contribution < -0.4 is 10.1 Å². The fourth-order valence-electron chi connectivity index (χ4n) is 1.78. The van der Waals surface area contributed by atoms with Gasteiger partial charge >= 0.3 is 0 Å². The van der Waals surface area contributed by atoms with Crippen molar-refractivity contribution in [1.29, 1.82) is 0 Å². The molecule has 0 amide bonds. The molecule has 2 aromatic carbocycles. The van der Waals surface area contributed by atoms with Gasteiger partial charge in [0.2, 0.25) is 0 Å². The van der Waals surface area contributed by atoms with Crippen molar-refractivity contribution < 1.29 is 4.74 Å². The molecule has 0 aliphatic heterocycles. The summed E-state index contributed by atoms with van der Waals surface area (Å²) in [5, 5.41) is 4.43. The maximum atomic E-state index is 5.99. The summed E-state index contributed by atoms with van der Waals surface area (Å²) in [4.78, 5) is 0. The van der Waals surface area contributed by atoms with E-state index in [0.29, 0.717) is 16.0 Å². The van der Waals surface area contributed by atoms with Crippen LogP contribution in [-0.4, -0.2) is 6.61 Å². The van der Waals surface area contributed by atoms with Crippen LogP contribution in [-0.2, 0) is 6.54 Å². The largest absolute Gasteiger partial charge is 0.493 e. The van der Waals surface area contributed by atoms with Crippen LogP contribution >= 0.6 is 23.2 Å². The van der Waals surface area contributed by atoms with Crippen molar-refractivity contribution >= 4 is 28.9 Å². The lowest BCUT2D eigenvalue weighted by Crippen LogP contribution is -2.04. The summed E-state index contributed by atoms with van der Waals surface area (Å²) in [6, 6.07) is 13.6. The zero-order valence-electron chi connectivity index (χ0n) is 12.2. The van der Waals surface area contributed by atoms with Gasteiger partial charge in [-0.3, -0.25) is 0 Å². The number of halogens is 2. The number of nitrogens with one attached hydrogen (secondary N) is 1. The third-order valence-electron chi connectivity index (χ3n) is 2.92. The summed E-state index contributed by atoms with van der Waals surface area (Å²) >= 11 is 11.9. The topological polar surface area (TPSA) is 21.3 Å². The molecule has 0 unspecified atom stereocenters. The second-order valence-electron chi connectivity index (χ2n) is 5.33. The lowest BCUT2D eigenvalue weighted by molar-refractivity contribution is 0.271. The fourth-order valence-corrected chi connectivity index (χ4v) is 2.07. The van der Waals surface area contributed by atoms with Crippen LogP contribution in [0.1, 0.15) is 19.4 Å². The van der Waals surface area contributed by atoms with E-state index in [4.69, 9.17) is 27.9 Å². The average Bonchev–Trinajstić information content (AvgIpc) is 2.47. The highest BCUT2D eigenvalue weighted by molar-refractivity contribution is 6.42. The van der Waals surface area contributed by atoms with E-state index in [1.165, 1.54) is 5.56 Å². The van der Waals surface area contributed by atoms with Gasteiger partial charge in [-0.05, 0) is 41.8 Å². The highest BCUT2D eigenvalue weighted by Gasteiger charge is 2.01. The Morgan fingerprint density at radius 2 is 1.71 bits per heavy atom. The predicted molar refractivity (Wildman–Crippen MR) is 90.6 cm³/mol. The first kappa shape index (κ1) is 16.0. The number of hydrogen-bond donors (Lipinski definition) is 1. The van der Waals surface area contributed by atoms with Crippen molar-refractivity contribution in [2.24, 2.45) is 5.92 Å². The van der Waals surface area contributed by atoms with Gasteiger partial charge in [0.1, 0.15) is 5.75 Å². The molecular formula is C17H19Cl2NO. The van der Waals surface area contributed by atoms with E-state index in [0.717, 1.165) is 24.6 Å². The summed E-state index contributed by atoms with van der Waals surface area (Å²) in [7, 11) is 0. The lowest BCUT2D eigenvalue weighted by Gasteiger charge is -2.10. The van der Waals surface area contributed by atoms with Crippen LogP contribution in [0.4, 0.5) is 5.69 Å². The van der Waals surface area contributed by atoms with E-state index in [-0.39, 0.29) is 0 Å². The minimum Gasteiger partial charge on any atom is -0.493 e. The molecule has 0 bridgehead atoms. The van der Waals surface area contributed by atoms with E-state index >= 15 is 0 Å². The number of benzene rings is 2. The van der Waals surface area contributed by atoms with Gasteiger partial charge in [-0.2, -0.15) is 0 Å². The molecule has 0 heterocycles. The van der Waals surface area contributed by atoms with Crippen molar-refractivity contribution in [3.05, 3.63) is 58.1 Å². The number of anilines is 1. The molecule has 0 fully saturated rings. The molecule has 0 aliphatic carbocycles. The second kappa shape index (κ2) is 7.58. The third kappa shape index (κ3) is 5.14. The Hall–Kier alpha value is -1.38. The van der Waals surface area contributed by atoms with Gasteiger partial charge < -0.3 is 10.1 Å². The van der Waals surface area contributed by atoms with E-state index in [9.17, 15) is 0 Å². The Labute approximate surface area is 136 Å². The number of rotatable bonds is 6. The molecule has 0 aliphatic rings. The van der Waals surface area contributed by atoms with Crippen LogP contribution in [0.3, 0.4) is 0 Å². The molecule has 0 atom stereocenters. The van der Waals surface area contributed by atoms with Crippen LogP contribution in [0, 0.1) is 5.92 Å². The first-order valence-corrected chi connectivity index (χ1v) is 7.71. The van der Waals surface area contributed by atoms with Crippen LogP contribution in [0.5, 0.6) is 5.75 Å². The van der Waals surface area contributed by atoms with Crippen LogP contribution in [0.15, 0.2) is 42.5 Å². The van der Waals surface area contributed by atoms with Crippen molar-refractivity contribution in [3.8, 4) is 5.75 Å². The summed E-state index contributed by atoms with van der Waals surface area (Å²) in [5.41, 5.74) is 2.13. The molecule has 0 radical (unpaired) electrons. The lowest BCUT2D eigenvalue weighted by atomic mass is 10.2. The Balaban J connectivity index is 1.89. The highest BCUT2D eigenvalue weighted by atomic mass is 35.5.